The number of rotatable bonds is 11. The lowest BCUT2D eigenvalue weighted by Crippen LogP contribution is -2.06. The normalized spacial score (nSPS) is 9.77. The van der Waals surface area contributed by atoms with Crippen molar-refractivity contribution in [1.82, 2.24) is 0 Å². The van der Waals surface area contributed by atoms with Gasteiger partial charge in [-0.15, -0.1) is 0 Å². The maximum atomic E-state index is 11.4. The standard InChI is InChI=1S/2C11H15NO2.C6H3N3O7/c2*1-2-3-8-14-11(13)9-4-6-10(12)7-5-9;10-6-4(8(13)14)1-3(7(11)12)2-5(6)9(15)16/h2*4-7H,2-3,8,12H2,1H3;1-2,10H. The molecule has 0 heterocycles. The summed E-state index contributed by atoms with van der Waals surface area (Å²) in [6, 6.07) is 14.3. The molecule has 0 bridgehead atoms. The minimum Gasteiger partial charge on any atom is -0.497 e. The minimum absolute atomic E-state index is 0.279. The number of phenols is 1. The molecule has 0 atom stereocenters. The van der Waals surface area contributed by atoms with Crippen LogP contribution < -0.4 is 11.5 Å². The highest BCUT2D eigenvalue weighted by atomic mass is 16.6. The molecule has 0 saturated carbocycles. The van der Waals surface area contributed by atoms with E-state index >= 15 is 0 Å². The first kappa shape index (κ1) is 36.2. The van der Waals surface area contributed by atoms with Gasteiger partial charge >= 0.3 is 23.3 Å². The van der Waals surface area contributed by atoms with Crippen LogP contribution in [0.5, 0.6) is 5.75 Å². The Morgan fingerprint density at radius 2 is 1.02 bits per heavy atom. The number of benzene rings is 3. The molecule has 3 aromatic rings. The van der Waals surface area contributed by atoms with E-state index in [1.807, 2.05) is 0 Å². The van der Waals surface area contributed by atoms with Gasteiger partial charge in [0.25, 0.3) is 11.4 Å². The molecule has 16 nitrogen and oxygen atoms in total. The van der Waals surface area contributed by atoms with Gasteiger partial charge in [-0.1, -0.05) is 26.7 Å². The summed E-state index contributed by atoms with van der Waals surface area (Å²) in [6.07, 6.45) is 3.85. The molecule has 0 aliphatic rings. The number of aromatic hydroxyl groups is 1. The molecule has 44 heavy (non-hydrogen) atoms. The number of nitrogen functional groups attached to an aromatic ring is 2. The molecular formula is C28H33N5O11. The van der Waals surface area contributed by atoms with Crippen LogP contribution in [-0.4, -0.2) is 45.0 Å². The minimum atomic E-state index is -1.21. The summed E-state index contributed by atoms with van der Waals surface area (Å²) in [6.45, 7) is 5.08. The van der Waals surface area contributed by atoms with Crippen molar-refractivity contribution in [2.24, 2.45) is 0 Å². The van der Waals surface area contributed by atoms with E-state index in [1.165, 1.54) is 0 Å². The number of nitrogens with zero attached hydrogens (tertiary/aromatic N) is 3. The SMILES string of the molecule is CCCCOC(=O)c1ccc(N)cc1.CCCCOC(=O)c1ccc(N)cc1.O=[N+]([O-])c1cc([N+](=O)[O-])c(O)c([N+](=O)[O-])c1. The van der Waals surface area contributed by atoms with Crippen molar-refractivity contribution < 1.29 is 38.9 Å². The van der Waals surface area contributed by atoms with E-state index < -0.39 is 37.6 Å². The molecule has 0 aliphatic heterocycles. The van der Waals surface area contributed by atoms with Gasteiger partial charge in [-0.3, -0.25) is 30.3 Å². The van der Waals surface area contributed by atoms with Crippen LogP contribution in [0.4, 0.5) is 28.4 Å². The number of carbonyl (C=O) groups is 2. The van der Waals surface area contributed by atoms with Gasteiger partial charge in [0.05, 0.1) is 51.2 Å². The van der Waals surface area contributed by atoms with Gasteiger partial charge in [0.2, 0.25) is 0 Å². The monoisotopic (exact) mass is 615 g/mol. The highest BCUT2D eigenvalue weighted by Crippen LogP contribution is 2.38. The van der Waals surface area contributed by atoms with Crippen LogP contribution >= 0.6 is 0 Å². The van der Waals surface area contributed by atoms with Gasteiger partial charge in [0.1, 0.15) is 0 Å². The average Bonchev–Trinajstić information content (AvgIpc) is 2.98. The van der Waals surface area contributed by atoms with Gasteiger partial charge in [-0.25, -0.2) is 9.59 Å². The summed E-state index contributed by atoms with van der Waals surface area (Å²) in [5.74, 6) is -1.77. The second-order valence-electron chi connectivity index (χ2n) is 8.83. The van der Waals surface area contributed by atoms with Gasteiger partial charge in [-0.05, 0) is 61.4 Å². The number of unbranched alkanes of at least 4 members (excludes halogenated alkanes) is 2. The molecule has 0 fully saturated rings. The first-order chi connectivity index (χ1) is 20.8. The van der Waals surface area contributed by atoms with E-state index in [1.54, 1.807) is 48.5 Å². The molecular weight excluding hydrogens is 582 g/mol. The van der Waals surface area contributed by atoms with E-state index in [2.05, 4.69) is 13.8 Å². The number of anilines is 2. The van der Waals surface area contributed by atoms with Crippen molar-refractivity contribution in [1.29, 1.82) is 0 Å². The second kappa shape index (κ2) is 18.6. The third-order valence-electron chi connectivity index (χ3n) is 5.41. The third kappa shape index (κ3) is 12.4. The first-order valence-electron chi connectivity index (χ1n) is 13.2. The summed E-state index contributed by atoms with van der Waals surface area (Å²) >= 11 is 0. The van der Waals surface area contributed by atoms with E-state index in [0.29, 0.717) is 47.8 Å². The molecule has 3 aromatic carbocycles. The van der Waals surface area contributed by atoms with Crippen molar-refractivity contribution in [2.75, 3.05) is 24.7 Å². The van der Waals surface area contributed by atoms with Crippen LogP contribution in [0.2, 0.25) is 0 Å². The van der Waals surface area contributed by atoms with Crippen LogP contribution in [0.15, 0.2) is 60.7 Å². The Balaban J connectivity index is 0.000000331. The Morgan fingerprint density at radius 3 is 1.30 bits per heavy atom. The fourth-order valence-corrected chi connectivity index (χ4v) is 3.00. The van der Waals surface area contributed by atoms with Crippen molar-refractivity contribution in [3.05, 3.63) is 102 Å². The van der Waals surface area contributed by atoms with Crippen molar-refractivity contribution in [2.45, 2.75) is 39.5 Å². The number of ether oxygens (including phenoxy) is 2. The van der Waals surface area contributed by atoms with Crippen LogP contribution in [0, 0.1) is 30.3 Å². The predicted octanol–water partition coefficient (Wildman–Crippen LogP) is 5.57. The van der Waals surface area contributed by atoms with Gasteiger partial charge in [0, 0.05) is 11.4 Å². The molecule has 0 amide bonds. The maximum absolute atomic E-state index is 11.4. The number of carbonyl (C=O) groups excluding carboxylic acids is 2. The Kier molecular flexibility index (Phi) is 15.3. The lowest BCUT2D eigenvalue weighted by molar-refractivity contribution is -0.404. The lowest BCUT2D eigenvalue weighted by Gasteiger charge is -2.03. The Hall–Kier alpha value is -5.80. The summed E-state index contributed by atoms with van der Waals surface area (Å²) in [5, 5.41) is 40.2. The zero-order valence-electron chi connectivity index (χ0n) is 24.0. The summed E-state index contributed by atoms with van der Waals surface area (Å²) in [4.78, 5) is 50.5. The van der Waals surface area contributed by atoms with Crippen molar-refractivity contribution in [3.8, 4) is 5.75 Å². The quantitative estimate of drug-likeness (QED) is 0.0784. The Labute approximate surface area is 251 Å². The highest BCUT2D eigenvalue weighted by molar-refractivity contribution is 5.90. The number of nitro groups is 3. The summed E-state index contributed by atoms with van der Waals surface area (Å²) in [5.41, 5.74) is 10.4. The second-order valence-corrected chi connectivity index (χ2v) is 8.83. The van der Waals surface area contributed by atoms with Gasteiger partial charge in [-0.2, -0.15) is 0 Å². The smallest absolute Gasteiger partial charge is 0.338 e. The maximum Gasteiger partial charge on any atom is 0.338 e. The van der Waals surface area contributed by atoms with Gasteiger partial charge in [0.15, 0.2) is 0 Å². The molecule has 0 unspecified atom stereocenters. The van der Waals surface area contributed by atoms with E-state index in [-0.39, 0.29) is 11.9 Å². The number of nitrogens with two attached hydrogens (primary N) is 2. The number of hydrogen-bond donors (Lipinski definition) is 3. The fraction of sp³-hybridized carbons (Fsp3) is 0.286. The largest absolute Gasteiger partial charge is 0.497 e. The van der Waals surface area contributed by atoms with E-state index in [0.717, 1.165) is 25.7 Å². The number of phenolic OH excluding ortho intramolecular Hbond substituents is 1. The summed E-state index contributed by atoms with van der Waals surface area (Å²) in [7, 11) is 0. The molecule has 0 aliphatic carbocycles. The molecule has 0 spiro atoms. The molecule has 5 N–H and O–H groups in total. The lowest BCUT2D eigenvalue weighted by atomic mass is 10.2. The van der Waals surface area contributed by atoms with Crippen molar-refractivity contribution in [3.63, 3.8) is 0 Å². The molecule has 3 rings (SSSR count). The molecule has 236 valence electrons. The van der Waals surface area contributed by atoms with Crippen LogP contribution in [0.3, 0.4) is 0 Å². The Morgan fingerprint density at radius 1 is 0.682 bits per heavy atom. The molecule has 16 heteroatoms. The number of nitro benzene ring substituents is 3. The highest BCUT2D eigenvalue weighted by Gasteiger charge is 2.30. The zero-order chi connectivity index (χ0) is 33.2. The average molecular weight is 616 g/mol. The third-order valence-corrected chi connectivity index (χ3v) is 5.41. The predicted molar refractivity (Wildman–Crippen MR) is 160 cm³/mol. The molecule has 0 aromatic heterocycles. The van der Waals surface area contributed by atoms with E-state index in [4.69, 9.17) is 26.0 Å². The number of esters is 2. The topological polar surface area (TPSA) is 254 Å². The fourth-order valence-electron chi connectivity index (χ4n) is 3.00. The Bertz CT molecular complexity index is 1330. The van der Waals surface area contributed by atoms with Crippen LogP contribution in [0.25, 0.3) is 0 Å². The molecule has 0 radical (unpaired) electrons. The summed E-state index contributed by atoms with van der Waals surface area (Å²) < 4.78 is 10.1. The van der Waals surface area contributed by atoms with E-state index in [9.17, 15) is 39.9 Å². The van der Waals surface area contributed by atoms with Crippen LogP contribution in [-0.2, 0) is 9.47 Å². The van der Waals surface area contributed by atoms with Gasteiger partial charge < -0.3 is 26.0 Å². The number of hydrogen-bond acceptors (Lipinski definition) is 13. The zero-order valence-corrected chi connectivity index (χ0v) is 24.0. The molecule has 0 saturated heterocycles. The van der Waals surface area contributed by atoms with Crippen LogP contribution in [0.1, 0.15) is 60.2 Å². The van der Waals surface area contributed by atoms with Crippen molar-refractivity contribution >= 4 is 40.4 Å². The first-order valence-corrected chi connectivity index (χ1v) is 13.2. The number of non-ortho nitro benzene ring substituents is 1.